The fourth-order valence-electron chi connectivity index (χ4n) is 1.77. The average molecular weight is 259 g/mol. The molecule has 1 rings (SSSR count). The molecule has 0 saturated heterocycles. The average Bonchev–Trinajstić information content (AvgIpc) is 2.62. The van der Waals surface area contributed by atoms with Crippen LogP contribution in [0.2, 0.25) is 0 Å². The molecule has 0 aliphatic rings. The zero-order valence-electron chi connectivity index (χ0n) is 11.2. The maximum absolute atomic E-state index is 6.27. The molecule has 1 N–H and O–H groups in total. The fraction of sp³-hybridized carbons (Fsp3) is 0.833. The Bertz CT molecular complexity index is 329. The Balaban J connectivity index is 2.28. The van der Waals surface area contributed by atoms with E-state index in [1.807, 2.05) is 4.68 Å². The van der Waals surface area contributed by atoms with Gasteiger partial charge < -0.3 is 5.32 Å². The largest absolute Gasteiger partial charge is 0.308 e. The Morgan fingerprint density at radius 1 is 1.47 bits per heavy atom. The molecular weight excluding hydrogens is 236 g/mol. The standard InChI is InChI=1S/C12H23ClN4/c1-5-17-11(15-9-16-17)8-14-7-10(13)6-12(2,3)4/h9-10,14H,5-8H2,1-4H3. The van der Waals surface area contributed by atoms with E-state index in [1.54, 1.807) is 6.33 Å². The van der Waals surface area contributed by atoms with Crippen molar-refractivity contribution in [3.05, 3.63) is 12.2 Å². The molecule has 1 unspecified atom stereocenters. The van der Waals surface area contributed by atoms with Gasteiger partial charge in [0.1, 0.15) is 12.2 Å². The van der Waals surface area contributed by atoms with Crippen LogP contribution in [-0.4, -0.2) is 26.7 Å². The first-order chi connectivity index (χ1) is 7.92. The summed E-state index contributed by atoms with van der Waals surface area (Å²) >= 11 is 6.27. The first kappa shape index (κ1) is 14.5. The number of halogens is 1. The van der Waals surface area contributed by atoms with E-state index >= 15 is 0 Å². The maximum atomic E-state index is 6.27. The molecule has 0 fully saturated rings. The Morgan fingerprint density at radius 2 is 2.18 bits per heavy atom. The third-order valence-corrected chi connectivity index (χ3v) is 2.79. The van der Waals surface area contributed by atoms with Crippen LogP contribution in [0.5, 0.6) is 0 Å². The Hall–Kier alpha value is -0.610. The first-order valence-electron chi connectivity index (χ1n) is 6.14. The number of hydrogen-bond donors (Lipinski definition) is 1. The highest BCUT2D eigenvalue weighted by Gasteiger charge is 2.16. The lowest BCUT2D eigenvalue weighted by molar-refractivity contribution is 0.364. The fourth-order valence-corrected chi connectivity index (χ4v) is 2.34. The van der Waals surface area contributed by atoms with Gasteiger partial charge in [-0.15, -0.1) is 11.6 Å². The molecule has 0 spiro atoms. The van der Waals surface area contributed by atoms with E-state index in [4.69, 9.17) is 11.6 Å². The minimum Gasteiger partial charge on any atom is -0.308 e. The summed E-state index contributed by atoms with van der Waals surface area (Å²) < 4.78 is 1.89. The molecule has 0 aliphatic heterocycles. The topological polar surface area (TPSA) is 42.7 Å². The smallest absolute Gasteiger partial charge is 0.140 e. The van der Waals surface area contributed by atoms with Crippen LogP contribution in [0.1, 0.15) is 39.9 Å². The van der Waals surface area contributed by atoms with Crippen LogP contribution in [0.3, 0.4) is 0 Å². The van der Waals surface area contributed by atoms with Gasteiger partial charge in [0.05, 0.1) is 6.54 Å². The van der Waals surface area contributed by atoms with Crippen molar-refractivity contribution in [3.63, 3.8) is 0 Å². The molecule has 1 heterocycles. The van der Waals surface area contributed by atoms with Gasteiger partial charge in [0.15, 0.2) is 0 Å². The summed E-state index contributed by atoms with van der Waals surface area (Å²) in [6.07, 6.45) is 2.59. The Morgan fingerprint density at radius 3 is 2.76 bits per heavy atom. The van der Waals surface area contributed by atoms with Crippen LogP contribution in [0.25, 0.3) is 0 Å². The van der Waals surface area contributed by atoms with Gasteiger partial charge in [-0.2, -0.15) is 5.10 Å². The normalized spacial score (nSPS) is 13.9. The van der Waals surface area contributed by atoms with Gasteiger partial charge in [-0.3, -0.25) is 0 Å². The van der Waals surface area contributed by atoms with Crippen LogP contribution < -0.4 is 5.32 Å². The molecule has 98 valence electrons. The molecule has 1 atom stereocenters. The third-order valence-electron chi connectivity index (χ3n) is 2.48. The summed E-state index contributed by atoms with van der Waals surface area (Å²) in [5.41, 5.74) is 0.275. The van der Waals surface area contributed by atoms with Crippen LogP contribution in [0.4, 0.5) is 0 Å². The van der Waals surface area contributed by atoms with Gasteiger partial charge in [-0.05, 0) is 18.8 Å². The highest BCUT2D eigenvalue weighted by molar-refractivity contribution is 6.20. The number of rotatable bonds is 6. The van der Waals surface area contributed by atoms with E-state index in [0.717, 1.165) is 31.9 Å². The minimum absolute atomic E-state index is 0.160. The second kappa shape index (κ2) is 6.36. The van der Waals surface area contributed by atoms with E-state index in [0.29, 0.717) is 0 Å². The number of aryl methyl sites for hydroxylation is 1. The van der Waals surface area contributed by atoms with E-state index in [1.165, 1.54) is 0 Å². The second-order valence-electron chi connectivity index (χ2n) is 5.48. The molecule has 0 amide bonds. The number of hydrogen-bond acceptors (Lipinski definition) is 3. The van der Waals surface area contributed by atoms with Crippen LogP contribution in [0, 0.1) is 5.41 Å². The molecule has 0 aromatic carbocycles. The molecule has 4 nitrogen and oxygen atoms in total. The molecular formula is C12H23ClN4. The van der Waals surface area contributed by atoms with Crippen LogP contribution in [0.15, 0.2) is 6.33 Å². The van der Waals surface area contributed by atoms with Crippen molar-refractivity contribution in [3.8, 4) is 0 Å². The molecule has 17 heavy (non-hydrogen) atoms. The summed E-state index contributed by atoms with van der Waals surface area (Å²) in [5.74, 6) is 0.965. The summed E-state index contributed by atoms with van der Waals surface area (Å²) in [5, 5.41) is 7.61. The van der Waals surface area contributed by atoms with E-state index in [-0.39, 0.29) is 10.8 Å². The van der Waals surface area contributed by atoms with Crippen molar-refractivity contribution in [2.75, 3.05) is 6.54 Å². The van der Waals surface area contributed by atoms with Crippen molar-refractivity contribution < 1.29 is 0 Å². The third kappa shape index (κ3) is 5.50. The predicted molar refractivity (Wildman–Crippen MR) is 71.1 cm³/mol. The lowest BCUT2D eigenvalue weighted by Crippen LogP contribution is -2.27. The molecule has 0 radical (unpaired) electrons. The van der Waals surface area contributed by atoms with Crippen LogP contribution in [-0.2, 0) is 13.1 Å². The predicted octanol–water partition coefficient (Wildman–Crippen LogP) is 2.43. The minimum atomic E-state index is 0.160. The van der Waals surface area contributed by atoms with Crippen molar-refractivity contribution in [2.45, 2.75) is 52.6 Å². The van der Waals surface area contributed by atoms with Gasteiger partial charge >= 0.3 is 0 Å². The van der Waals surface area contributed by atoms with Gasteiger partial charge in [0, 0.05) is 18.5 Å². The van der Waals surface area contributed by atoms with Crippen LogP contribution >= 0.6 is 11.6 Å². The SMILES string of the molecule is CCn1ncnc1CNCC(Cl)CC(C)(C)C. The molecule has 0 bridgehead atoms. The zero-order valence-corrected chi connectivity index (χ0v) is 12.0. The lowest BCUT2D eigenvalue weighted by atomic mass is 9.90. The Labute approximate surface area is 109 Å². The maximum Gasteiger partial charge on any atom is 0.140 e. The zero-order chi connectivity index (χ0) is 12.9. The van der Waals surface area contributed by atoms with Crippen molar-refractivity contribution in [1.82, 2.24) is 20.1 Å². The summed E-state index contributed by atoms with van der Waals surface area (Å²) in [6.45, 7) is 11.0. The molecule has 0 saturated carbocycles. The molecule has 0 aliphatic carbocycles. The number of nitrogens with zero attached hydrogens (tertiary/aromatic N) is 3. The van der Waals surface area contributed by atoms with Gasteiger partial charge in [0.25, 0.3) is 0 Å². The molecule has 5 heteroatoms. The van der Waals surface area contributed by atoms with Crippen molar-refractivity contribution >= 4 is 11.6 Å². The van der Waals surface area contributed by atoms with Gasteiger partial charge in [0.2, 0.25) is 0 Å². The molecule has 1 aromatic heterocycles. The summed E-state index contributed by atoms with van der Waals surface area (Å²) in [7, 11) is 0. The van der Waals surface area contributed by atoms with E-state index in [9.17, 15) is 0 Å². The monoisotopic (exact) mass is 258 g/mol. The Kier molecular flexibility index (Phi) is 5.40. The summed E-state index contributed by atoms with van der Waals surface area (Å²) in [6, 6.07) is 0. The van der Waals surface area contributed by atoms with Crippen molar-refractivity contribution in [2.24, 2.45) is 5.41 Å². The van der Waals surface area contributed by atoms with E-state index in [2.05, 4.69) is 43.1 Å². The van der Waals surface area contributed by atoms with Crippen molar-refractivity contribution in [1.29, 1.82) is 0 Å². The number of aromatic nitrogens is 3. The van der Waals surface area contributed by atoms with Gasteiger partial charge in [-0.1, -0.05) is 20.8 Å². The highest BCUT2D eigenvalue weighted by atomic mass is 35.5. The second-order valence-corrected chi connectivity index (χ2v) is 6.10. The van der Waals surface area contributed by atoms with Gasteiger partial charge in [-0.25, -0.2) is 9.67 Å². The first-order valence-corrected chi connectivity index (χ1v) is 6.57. The highest BCUT2D eigenvalue weighted by Crippen LogP contribution is 2.23. The lowest BCUT2D eigenvalue weighted by Gasteiger charge is -2.21. The quantitative estimate of drug-likeness (QED) is 0.797. The number of nitrogens with one attached hydrogen (secondary N) is 1. The summed E-state index contributed by atoms with van der Waals surface area (Å²) in [4.78, 5) is 4.20. The number of alkyl halides is 1. The molecule has 1 aromatic rings. The van der Waals surface area contributed by atoms with E-state index < -0.39 is 0 Å².